The van der Waals surface area contributed by atoms with Crippen LogP contribution < -0.4 is 10.2 Å². The molecule has 1 fully saturated rings. The van der Waals surface area contributed by atoms with Crippen LogP contribution in [0.2, 0.25) is 0 Å². The number of aromatic nitrogens is 2. The minimum absolute atomic E-state index is 0.00197. The number of hydrogen-bond donors (Lipinski definition) is 1. The summed E-state index contributed by atoms with van der Waals surface area (Å²) in [5, 5.41) is 7.70. The maximum absolute atomic E-state index is 12.7. The molecule has 0 unspecified atom stereocenters. The SMILES string of the molecule is Cc1nn(-c2ccccc2)c(C)c1NC(=O)CCN(C)Cc1ccccc1N1CCOCC1. The quantitative estimate of drug-likeness (QED) is 0.569. The predicted molar refractivity (Wildman–Crippen MR) is 132 cm³/mol. The maximum atomic E-state index is 12.7. The topological polar surface area (TPSA) is 62.6 Å². The van der Waals surface area contributed by atoms with Crippen molar-refractivity contribution in [2.24, 2.45) is 0 Å². The minimum atomic E-state index is 0.00197. The molecule has 0 radical (unpaired) electrons. The number of benzene rings is 2. The molecule has 3 aromatic rings. The minimum Gasteiger partial charge on any atom is -0.378 e. The van der Waals surface area contributed by atoms with Crippen LogP contribution in [0.5, 0.6) is 0 Å². The van der Waals surface area contributed by atoms with Gasteiger partial charge >= 0.3 is 0 Å². The number of rotatable bonds is 8. The molecule has 0 bridgehead atoms. The first kappa shape index (κ1) is 23.0. The summed E-state index contributed by atoms with van der Waals surface area (Å²) in [5.74, 6) is 0.00197. The fourth-order valence-electron chi connectivity index (χ4n) is 4.27. The third kappa shape index (κ3) is 5.61. The molecule has 4 rings (SSSR count). The van der Waals surface area contributed by atoms with E-state index in [0.717, 1.165) is 55.6 Å². The van der Waals surface area contributed by atoms with Crippen LogP contribution in [0.1, 0.15) is 23.4 Å². The Morgan fingerprint density at radius 2 is 1.76 bits per heavy atom. The van der Waals surface area contributed by atoms with Gasteiger partial charge in [0.2, 0.25) is 5.91 Å². The number of para-hydroxylation sites is 2. The zero-order chi connectivity index (χ0) is 23.2. The van der Waals surface area contributed by atoms with E-state index in [4.69, 9.17) is 4.74 Å². The number of morpholine rings is 1. The second-order valence-electron chi connectivity index (χ2n) is 8.56. The van der Waals surface area contributed by atoms with Gasteiger partial charge in [-0.25, -0.2) is 4.68 Å². The smallest absolute Gasteiger partial charge is 0.225 e. The monoisotopic (exact) mass is 447 g/mol. The molecular weight excluding hydrogens is 414 g/mol. The van der Waals surface area contributed by atoms with E-state index in [1.165, 1.54) is 11.3 Å². The highest BCUT2D eigenvalue weighted by molar-refractivity contribution is 5.92. The summed E-state index contributed by atoms with van der Waals surface area (Å²) in [6, 6.07) is 18.5. The van der Waals surface area contributed by atoms with Crippen LogP contribution in [0, 0.1) is 13.8 Å². The third-order valence-electron chi connectivity index (χ3n) is 6.06. The standard InChI is InChI=1S/C26H33N5O2/c1-20-26(21(2)31(28-20)23-10-5-4-6-11-23)27-25(32)13-14-29(3)19-22-9-7-8-12-24(22)30-15-17-33-18-16-30/h4-12H,13-19H2,1-3H3,(H,27,32). The number of nitrogens with zero attached hydrogens (tertiary/aromatic N) is 4. The van der Waals surface area contributed by atoms with Crippen molar-refractivity contribution in [3.05, 3.63) is 71.5 Å². The van der Waals surface area contributed by atoms with Crippen molar-refractivity contribution in [1.29, 1.82) is 0 Å². The van der Waals surface area contributed by atoms with E-state index in [1.807, 2.05) is 48.9 Å². The zero-order valence-electron chi connectivity index (χ0n) is 19.8. The molecule has 1 amide bonds. The van der Waals surface area contributed by atoms with Gasteiger partial charge < -0.3 is 19.9 Å². The second kappa shape index (κ2) is 10.6. The molecule has 1 aliphatic rings. The highest BCUT2D eigenvalue weighted by Crippen LogP contribution is 2.24. The van der Waals surface area contributed by atoms with Crippen LogP contribution in [0.15, 0.2) is 54.6 Å². The first-order chi connectivity index (χ1) is 16.0. The first-order valence-corrected chi connectivity index (χ1v) is 11.5. The van der Waals surface area contributed by atoms with Gasteiger partial charge in [-0.3, -0.25) is 4.79 Å². The molecule has 1 N–H and O–H groups in total. The van der Waals surface area contributed by atoms with Gasteiger partial charge in [-0.15, -0.1) is 0 Å². The van der Waals surface area contributed by atoms with E-state index >= 15 is 0 Å². The van der Waals surface area contributed by atoms with Crippen LogP contribution in [0.25, 0.3) is 5.69 Å². The molecule has 0 atom stereocenters. The lowest BCUT2D eigenvalue weighted by molar-refractivity contribution is -0.116. The van der Waals surface area contributed by atoms with E-state index < -0.39 is 0 Å². The van der Waals surface area contributed by atoms with Crippen LogP contribution in [0.3, 0.4) is 0 Å². The van der Waals surface area contributed by atoms with Gasteiger partial charge in [-0.2, -0.15) is 5.10 Å². The molecule has 2 aromatic carbocycles. The van der Waals surface area contributed by atoms with Gasteiger partial charge in [0.1, 0.15) is 0 Å². The lowest BCUT2D eigenvalue weighted by Gasteiger charge is -2.31. The molecule has 2 heterocycles. The Morgan fingerprint density at radius 3 is 2.52 bits per heavy atom. The lowest BCUT2D eigenvalue weighted by atomic mass is 10.1. The van der Waals surface area contributed by atoms with Crippen LogP contribution >= 0.6 is 0 Å². The number of ether oxygens (including phenoxy) is 1. The van der Waals surface area contributed by atoms with Crippen molar-refractivity contribution >= 4 is 17.3 Å². The number of carbonyl (C=O) groups is 1. The van der Waals surface area contributed by atoms with Gasteiger partial charge in [0.05, 0.1) is 36.0 Å². The highest BCUT2D eigenvalue weighted by atomic mass is 16.5. The summed E-state index contributed by atoms with van der Waals surface area (Å²) in [5.41, 5.74) is 6.06. The first-order valence-electron chi connectivity index (χ1n) is 11.5. The van der Waals surface area contributed by atoms with E-state index in [-0.39, 0.29) is 5.91 Å². The Morgan fingerprint density at radius 1 is 1.06 bits per heavy atom. The molecule has 7 heteroatoms. The Hall–Kier alpha value is -3.16. The normalized spacial score (nSPS) is 14.0. The Bertz CT molecular complexity index is 1070. The van der Waals surface area contributed by atoms with Crippen molar-refractivity contribution in [2.75, 3.05) is 50.1 Å². The van der Waals surface area contributed by atoms with Crippen LogP contribution in [-0.4, -0.2) is 60.5 Å². The van der Waals surface area contributed by atoms with E-state index in [1.54, 1.807) is 0 Å². The number of carbonyl (C=O) groups excluding carboxylic acids is 1. The highest BCUT2D eigenvalue weighted by Gasteiger charge is 2.17. The molecule has 0 aliphatic carbocycles. The Labute approximate surface area is 196 Å². The summed E-state index contributed by atoms with van der Waals surface area (Å²) in [7, 11) is 2.06. The Kier molecular flexibility index (Phi) is 7.42. The average Bonchev–Trinajstić information content (AvgIpc) is 3.12. The molecule has 7 nitrogen and oxygen atoms in total. The van der Waals surface area contributed by atoms with Crippen LogP contribution in [-0.2, 0) is 16.1 Å². The second-order valence-corrected chi connectivity index (χ2v) is 8.56. The molecule has 1 aromatic heterocycles. The summed E-state index contributed by atoms with van der Waals surface area (Å²) in [6.07, 6.45) is 0.422. The molecule has 33 heavy (non-hydrogen) atoms. The third-order valence-corrected chi connectivity index (χ3v) is 6.06. The number of anilines is 2. The fraction of sp³-hybridized carbons (Fsp3) is 0.385. The van der Waals surface area contributed by atoms with Gasteiger partial charge in [-0.05, 0) is 44.7 Å². The van der Waals surface area contributed by atoms with Crippen molar-refractivity contribution in [2.45, 2.75) is 26.8 Å². The van der Waals surface area contributed by atoms with E-state index in [0.29, 0.717) is 13.0 Å². The van der Waals surface area contributed by atoms with Crippen molar-refractivity contribution in [1.82, 2.24) is 14.7 Å². The van der Waals surface area contributed by atoms with Crippen molar-refractivity contribution < 1.29 is 9.53 Å². The lowest BCUT2D eigenvalue weighted by Crippen LogP contribution is -2.37. The molecule has 0 saturated carbocycles. The molecule has 0 spiro atoms. The summed E-state index contributed by atoms with van der Waals surface area (Å²) in [6.45, 7) is 8.75. The number of aryl methyl sites for hydroxylation is 1. The van der Waals surface area contributed by atoms with Gasteiger partial charge in [-0.1, -0.05) is 36.4 Å². The zero-order valence-corrected chi connectivity index (χ0v) is 19.8. The van der Waals surface area contributed by atoms with E-state index in [9.17, 15) is 4.79 Å². The number of amides is 1. The van der Waals surface area contributed by atoms with Crippen molar-refractivity contribution in [3.8, 4) is 5.69 Å². The van der Waals surface area contributed by atoms with Crippen molar-refractivity contribution in [3.63, 3.8) is 0 Å². The fourth-order valence-corrected chi connectivity index (χ4v) is 4.27. The summed E-state index contributed by atoms with van der Waals surface area (Å²) < 4.78 is 7.37. The van der Waals surface area contributed by atoms with Gasteiger partial charge in [0.15, 0.2) is 0 Å². The Balaban J connectivity index is 1.34. The number of nitrogens with one attached hydrogen (secondary N) is 1. The summed E-state index contributed by atoms with van der Waals surface area (Å²) in [4.78, 5) is 17.3. The largest absolute Gasteiger partial charge is 0.378 e. The average molecular weight is 448 g/mol. The van der Waals surface area contributed by atoms with E-state index in [2.05, 4.69) is 51.5 Å². The van der Waals surface area contributed by atoms with Gasteiger partial charge in [0.25, 0.3) is 0 Å². The maximum Gasteiger partial charge on any atom is 0.225 e. The van der Waals surface area contributed by atoms with Gasteiger partial charge in [0, 0.05) is 38.3 Å². The molecule has 174 valence electrons. The summed E-state index contributed by atoms with van der Waals surface area (Å²) >= 11 is 0. The van der Waals surface area contributed by atoms with Crippen LogP contribution in [0.4, 0.5) is 11.4 Å². The molecular formula is C26H33N5O2. The molecule has 1 aliphatic heterocycles. The predicted octanol–water partition coefficient (Wildman–Crippen LogP) is 3.79. The number of hydrogen-bond acceptors (Lipinski definition) is 5. The molecule has 1 saturated heterocycles.